The van der Waals surface area contributed by atoms with Crippen LogP contribution in [0.3, 0.4) is 0 Å². The fourth-order valence-electron chi connectivity index (χ4n) is 3.00. The average molecular weight is 449 g/mol. The summed E-state index contributed by atoms with van der Waals surface area (Å²) < 4.78 is 0. The summed E-state index contributed by atoms with van der Waals surface area (Å²) in [6.45, 7) is 0. The van der Waals surface area contributed by atoms with E-state index in [-0.39, 0.29) is 18.2 Å². The molecular weight excluding hydrogens is 436 g/mol. The van der Waals surface area contributed by atoms with Crippen LogP contribution in [0, 0.1) is 0 Å². The largest absolute Gasteiger partial charge is 0.289 e. The van der Waals surface area contributed by atoms with Crippen molar-refractivity contribution in [2.24, 2.45) is 0 Å². The average Bonchev–Trinajstić information content (AvgIpc) is 2.67. The number of halogens is 4. The van der Waals surface area contributed by atoms with Gasteiger partial charge in [-0.3, -0.25) is 4.79 Å². The minimum absolute atomic E-state index is 0. The van der Waals surface area contributed by atoms with Gasteiger partial charge in [-0.15, -0.1) is 12.4 Å². The highest BCUT2D eigenvalue weighted by Gasteiger charge is 2.13. The van der Waals surface area contributed by atoms with Crippen molar-refractivity contribution < 1.29 is 4.79 Å². The molecule has 0 radical (unpaired) electrons. The molecule has 140 valence electrons. The highest BCUT2D eigenvalue weighted by atomic mass is 35.5. The van der Waals surface area contributed by atoms with Crippen LogP contribution in [0.4, 0.5) is 0 Å². The third-order valence-electron chi connectivity index (χ3n) is 4.28. The van der Waals surface area contributed by atoms with Gasteiger partial charge in [0.1, 0.15) is 5.15 Å². The van der Waals surface area contributed by atoms with Gasteiger partial charge < -0.3 is 0 Å². The first-order valence-electron chi connectivity index (χ1n) is 8.18. The summed E-state index contributed by atoms with van der Waals surface area (Å²) >= 11 is 18.3. The fourth-order valence-corrected chi connectivity index (χ4v) is 3.51. The van der Waals surface area contributed by atoms with Crippen LogP contribution in [0.15, 0.2) is 72.8 Å². The Bertz CT molecular complexity index is 1170. The molecule has 3 aromatic carbocycles. The van der Waals surface area contributed by atoms with Gasteiger partial charge in [-0.2, -0.15) is 0 Å². The Hall–Kier alpha value is -2.10. The van der Waals surface area contributed by atoms with Gasteiger partial charge >= 0.3 is 0 Å². The van der Waals surface area contributed by atoms with Gasteiger partial charge in [-0.25, -0.2) is 4.98 Å². The van der Waals surface area contributed by atoms with Crippen molar-refractivity contribution in [3.63, 3.8) is 0 Å². The molecule has 28 heavy (non-hydrogen) atoms. The van der Waals surface area contributed by atoms with Crippen LogP contribution in [-0.4, -0.2) is 10.8 Å². The highest BCUT2D eigenvalue weighted by Crippen LogP contribution is 2.32. The molecule has 1 aromatic heterocycles. The minimum Gasteiger partial charge on any atom is -0.289 e. The van der Waals surface area contributed by atoms with E-state index in [1.54, 1.807) is 42.5 Å². The lowest BCUT2D eigenvalue weighted by Gasteiger charge is -2.10. The number of aromatic nitrogens is 1. The molecule has 4 aromatic rings. The Labute approximate surface area is 183 Å². The zero-order valence-corrected chi connectivity index (χ0v) is 17.4. The van der Waals surface area contributed by atoms with Crippen molar-refractivity contribution in [1.29, 1.82) is 0 Å². The van der Waals surface area contributed by atoms with Crippen LogP contribution in [0.5, 0.6) is 0 Å². The molecule has 6 heteroatoms. The topological polar surface area (TPSA) is 30.0 Å². The van der Waals surface area contributed by atoms with E-state index in [0.29, 0.717) is 31.8 Å². The Morgan fingerprint density at radius 2 is 1.46 bits per heavy atom. The first-order valence-corrected chi connectivity index (χ1v) is 9.31. The molecule has 0 aliphatic heterocycles. The predicted octanol–water partition coefficient (Wildman–Crippen LogP) is 7.51. The molecule has 2 nitrogen and oxygen atoms in total. The number of ketones is 1. The van der Waals surface area contributed by atoms with Gasteiger partial charge in [0.05, 0.1) is 5.52 Å². The van der Waals surface area contributed by atoms with Crippen LogP contribution in [0.25, 0.3) is 22.0 Å². The number of carbonyl (C=O) groups is 1. The summed E-state index contributed by atoms with van der Waals surface area (Å²) in [7, 11) is 0. The Kier molecular flexibility index (Phi) is 6.26. The van der Waals surface area contributed by atoms with Crippen LogP contribution >= 0.6 is 47.2 Å². The first kappa shape index (κ1) is 20.6. The van der Waals surface area contributed by atoms with Crippen molar-refractivity contribution in [3.05, 3.63) is 99.1 Å². The van der Waals surface area contributed by atoms with E-state index >= 15 is 0 Å². The van der Waals surface area contributed by atoms with Crippen LogP contribution in [0.1, 0.15) is 15.9 Å². The molecule has 0 N–H and O–H groups in total. The molecule has 0 bridgehead atoms. The van der Waals surface area contributed by atoms with E-state index in [0.717, 1.165) is 16.5 Å². The molecule has 0 spiro atoms. The minimum atomic E-state index is -0.0828. The van der Waals surface area contributed by atoms with Crippen molar-refractivity contribution in [3.8, 4) is 11.1 Å². The molecule has 0 aliphatic rings. The molecule has 0 aliphatic carbocycles. The molecule has 1 heterocycles. The summed E-state index contributed by atoms with van der Waals surface area (Å²) in [6.07, 6.45) is 0. The normalized spacial score (nSPS) is 10.5. The van der Waals surface area contributed by atoms with E-state index in [1.165, 1.54) is 0 Å². The van der Waals surface area contributed by atoms with Crippen LogP contribution in [0.2, 0.25) is 15.2 Å². The maximum atomic E-state index is 12.9. The van der Waals surface area contributed by atoms with E-state index in [2.05, 4.69) is 4.98 Å². The summed E-state index contributed by atoms with van der Waals surface area (Å²) in [6, 6.07) is 21.5. The van der Waals surface area contributed by atoms with E-state index < -0.39 is 0 Å². The van der Waals surface area contributed by atoms with Gasteiger partial charge in [-0.05, 0) is 71.8 Å². The second kappa shape index (κ2) is 8.50. The number of hydrogen-bond donors (Lipinski definition) is 0. The van der Waals surface area contributed by atoms with Gasteiger partial charge in [0, 0.05) is 26.6 Å². The Balaban J connectivity index is 0.00000225. The number of rotatable bonds is 3. The Morgan fingerprint density at radius 3 is 2.18 bits per heavy atom. The quantitative estimate of drug-likeness (QED) is 0.239. The molecule has 0 atom stereocenters. The number of fused-ring (bicyclic) bond motifs is 1. The third kappa shape index (κ3) is 4.16. The fraction of sp³-hybridized carbons (Fsp3) is 0. The van der Waals surface area contributed by atoms with Crippen LogP contribution < -0.4 is 0 Å². The first-order chi connectivity index (χ1) is 13.0. The lowest BCUT2D eigenvalue weighted by Crippen LogP contribution is -2.01. The predicted molar refractivity (Wildman–Crippen MR) is 119 cm³/mol. The molecule has 0 amide bonds. The lowest BCUT2D eigenvalue weighted by molar-refractivity contribution is 0.103. The molecular formula is C22H13Cl4NO. The smallest absolute Gasteiger partial charge is 0.193 e. The number of pyridine rings is 1. The maximum Gasteiger partial charge on any atom is 0.193 e. The summed E-state index contributed by atoms with van der Waals surface area (Å²) in [5, 5.41) is 2.44. The number of benzene rings is 3. The SMILES string of the molecule is Cl.O=C(c1ccc(Cl)cc1)c1ccc2nc(Cl)cc(-c3cccc(Cl)c3)c2c1. The summed E-state index contributed by atoms with van der Waals surface area (Å²) in [5.41, 5.74) is 3.64. The molecule has 0 saturated heterocycles. The van der Waals surface area contributed by atoms with E-state index in [9.17, 15) is 4.79 Å². The zero-order valence-electron chi connectivity index (χ0n) is 14.3. The van der Waals surface area contributed by atoms with Crippen molar-refractivity contribution in [2.75, 3.05) is 0 Å². The van der Waals surface area contributed by atoms with Crippen molar-refractivity contribution >= 4 is 63.9 Å². The monoisotopic (exact) mass is 447 g/mol. The van der Waals surface area contributed by atoms with Crippen molar-refractivity contribution in [1.82, 2.24) is 4.98 Å². The summed E-state index contributed by atoms with van der Waals surface area (Å²) in [4.78, 5) is 17.2. The second-order valence-electron chi connectivity index (χ2n) is 6.07. The number of hydrogen-bond acceptors (Lipinski definition) is 2. The van der Waals surface area contributed by atoms with Crippen molar-refractivity contribution in [2.45, 2.75) is 0 Å². The van der Waals surface area contributed by atoms with Gasteiger partial charge in [0.25, 0.3) is 0 Å². The molecule has 0 saturated carbocycles. The standard InChI is InChI=1S/C22H12Cl3NO.ClH/c23-16-7-4-13(5-8-16)22(27)15-6-9-20-19(11-15)18(12-21(25)26-20)14-2-1-3-17(24)10-14;/h1-12H;1H. The lowest BCUT2D eigenvalue weighted by atomic mass is 9.97. The molecule has 0 unspecified atom stereocenters. The number of carbonyl (C=O) groups excluding carboxylic acids is 1. The highest BCUT2D eigenvalue weighted by molar-refractivity contribution is 6.31. The van der Waals surface area contributed by atoms with Crippen LogP contribution in [-0.2, 0) is 0 Å². The van der Waals surface area contributed by atoms with Gasteiger partial charge in [0.15, 0.2) is 5.78 Å². The maximum absolute atomic E-state index is 12.9. The van der Waals surface area contributed by atoms with E-state index in [1.807, 2.05) is 30.3 Å². The molecule has 0 fully saturated rings. The van der Waals surface area contributed by atoms with Gasteiger partial charge in [-0.1, -0.05) is 46.9 Å². The van der Waals surface area contributed by atoms with Gasteiger partial charge in [0.2, 0.25) is 0 Å². The third-order valence-corrected chi connectivity index (χ3v) is 4.96. The number of nitrogens with zero attached hydrogens (tertiary/aromatic N) is 1. The van der Waals surface area contributed by atoms with E-state index in [4.69, 9.17) is 34.8 Å². The zero-order chi connectivity index (χ0) is 19.0. The Morgan fingerprint density at radius 1 is 0.750 bits per heavy atom. The summed E-state index contributed by atoms with van der Waals surface area (Å²) in [5.74, 6) is -0.0828. The second-order valence-corrected chi connectivity index (χ2v) is 7.33. The molecule has 4 rings (SSSR count).